The lowest BCUT2D eigenvalue weighted by Gasteiger charge is -2.09. The van der Waals surface area contributed by atoms with Gasteiger partial charge in [-0.05, 0) is 84.6 Å². The van der Waals surface area contributed by atoms with Crippen LogP contribution in [0.15, 0.2) is 72.3 Å². The molecule has 182 valence electrons. The van der Waals surface area contributed by atoms with Crippen molar-refractivity contribution >= 4 is 29.4 Å². The second kappa shape index (κ2) is 10.6. The number of alkyl halides is 3. The van der Waals surface area contributed by atoms with Gasteiger partial charge in [0.05, 0.1) is 5.56 Å². The number of halogens is 3. The van der Waals surface area contributed by atoms with Gasteiger partial charge >= 0.3 is 18.3 Å². The van der Waals surface area contributed by atoms with Crippen LogP contribution in [0.2, 0.25) is 0 Å². The molecule has 10 heteroatoms. The molecule has 0 aliphatic carbocycles. The average molecular weight is 486 g/mol. The van der Waals surface area contributed by atoms with Gasteiger partial charge in [0, 0.05) is 16.9 Å². The van der Waals surface area contributed by atoms with Gasteiger partial charge < -0.3 is 26.0 Å². The highest BCUT2D eigenvalue weighted by atomic mass is 19.4. The fourth-order valence-corrected chi connectivity index (χ4v) is 3.20. The first kappa shape index (κ1) is 25.2. The van der Waals surface area contributed by atoms with Crippen LogP contribution in [0.5, 0.6) is 11.5 Å². The van der Waals surface area contributed by atoms with Gasteiger partial charge in [-0.25, -0.2) is 9.59 Å². The predicted molar refractivity (Wildman–Crippen MR) is 124 cm³/mol. The molecule has 0 unspecified atom stereocenters. The number of benzene rings is 3. The summed E-state index contributed by atoms with van der Waals surface area (Å²) < 4.78 is 45.6. The van der Waals surface area contributed by atoms with Crippen LogP contribution in [-0.4, -0.2) is 23.4 Å². The summed E-state index contributed by atoms with van der Waals surface area (Å²) in [5.41, 5.74) is 14.2. The normalized spacial score (nSPS) is 11.7. The molecular formula is C25H21F3N2O5. The van der Waals surface area contributed by atoms with Crippen molar-refractivity contribution in [3.8, 4) is 11.5 Å². The molecule has 0 fully saturated rings. The Kier molecular flexibility index (Phi) is 7.65. The molecule has 0 amide bonds. The summed E-state index contributed by atoms with van der Waals surface area (Å²) >= 11 is 0. The molecule has 3 rings (SSSR count). The molecule has 0 aliphatic heterocycles. The van der Waals surface area contributed by atoms with Crippen LogP contribution in [0.4, 0.5) is 24.5 Å². The summed E-state index contributed by atoms with van der Waals surface area (Å²) in [6.45, 7) is 0. The third-order valence-corrected chi connectivity index (χ3v) is 4.75. The number of aliphatic carboxylic acids is 1. The lowest BCUT2D eigenvalue weighted by Crippen LogP contribution is -2.17. The van der Waals surface area contributed by atoms with Crippen molar-refractivity contribution in [2.75, 3.05) is 11.5 Å². The Balaban J connectivity index is 1.64. The van der Waals surface area contributed by atoms with Gasteiger partial charge in [0.15, 0.2) is 0 Å². The van der Waals surface area contributed by atoms with Gasteiger partial charge in [0.25, 0.3) is 0 Å². The molecule has 0 aromatic heterocycles. The van der Waals surface area contributed by atoms with Crippen LogP contribution >= 0.6 is 0 Å². The maximum Gasteiger partial charge on any atom is 0.573 e. The van der Waals surface area contributed by atoms with E-state index in [1.54, 1.807) is 30.3 Å². The number of nitrogens with two attached hydrogens (primary N) is 2. The molecule has 5 N–H and O–H groups in total. The minimum Gasteiger partial charge on any atom is -0.478 e. The number of ether oxygens (including phenoxy) is 2. The number of carbonyl (C=O) groups excluding carboxylic acids is 1. The summed E-state index contributed by atoms with van der Waals surface area (Å²) in [4.78, 5) is 24.0. The number of carbonyl (C=O) groups is 2. The molecule has 0 bridgehead atoms. The third kappa shape index (κ3) is 7.81. The smallest absolute Gasteiger partial charge is 0.478 e. The second-order valence-electron chi connectivity index (χ2n) is 7.51. The zero-order valence-corrected chi connectivity index (χ0v) is 18.2. The van der Waals surface area contributed by atoms with E-state index in [-0.39, 0.29) is 23.3 Å². The minimum absolute atomic E-state index is 0.0313. The van der Waals surface area contributed by atoms with E-state index in [0.29, 0.717) is 23.4 Å². The summed E-state index contributed by atoms with van der Waals surface area (Å²) in [6, 6.07) is 15.5. The summed E-state index contributed by atoms with van der Waals surface area (Å²) in [7, 11) is 0. The maximum absolute atomic E-state index is 12.3. The molecule has 0 aliphatic rings. The van der Waals surface area contributed by atoms with Gasteiger partial charge in [-0.1, -0.05) is 12.1 Å². The van der Waals surface area contributed by atoms with Gasteiger partial charge in [0.2, 0.25) is 0 Å². The highest BCUT2D eigenvalue weighted by Crippen LogP contribution is 2.25. The van der Waals surface area contributed by atoms with Crippen LogP contribution in [0.25, 0.3) is 6.08 Å². The zero-order valence-electron chi connectivity index (χ0n) is 18.2. The molecule has 0 radical (unpaired) electrons. The predicted octanol–water partition coefficient (Wildman–Crippen LogP) is 5.07. The first-order chi connectivity index (χ1) is 16.5. The highest BCUT2D eigenvalue weighted by Gasteiger charge is 2.31. The van der Waals surface area contributed by atoms with Crippen LogP contribution in [0.1, 0.15) is 27.9 Å². The van der Waals surface area contributed by atoms with Gasteiger partial charge in [-0.3, -0.25) is 0 Å². The molecular weight excluding hydrogens is 465 g/mol. The number of esters is 1. The molecule has 3 aromatic rings. The number of aryl methyl sites for hydroxylation is 1. The van der Waals surface area contributed by atoms with Crippen molar-refractivity contribution in [1.29, 1.82) is 0 Å². The fourth-order valence-electron chi connectivity index (χ4n) is 3.20. The molecule has 0 atom stereocenters. The van der Waals surface area contributed by atoms with Crippen LogP contribution in [0.3, 0.4) is 0 Å². The SMILES string of the molecule is Nc1cc(N)cc(CC/C(=C\c2ccc(C(=O)Oc3ccc(OC(F)(F)F)cc3)cc2)C(=O)O)c1. The van der Waals surface area contributed by atoms with Crippen molar-refractivity contribution in [2.24, 2.45) is 0 Å². The molecule has 7 nitrogen and oxygen atoms in total. The average Bonchev–Trinajstić information content (AvgIpc) is 2.76. The lowest BCUT2D eigenvalue weighted by atomic mass is 10.0. The largest absolute Gasteiger partial charge is 0.573 e. The second-order valence-corrected chi connectivity index (χ2v) is 7.51. The Morgan fingerprint density at radius 1 is 0.886 bits per heavy atom. The maximum atomic E-state index is 12.3. The van der Waals surface area contributed by atoms with Gasteiger partial charge in [0.1, 0.15) is 11.5 Å². The van der Waals surface area contributed by atoms with E-state index in [1.165, 1.54) is 30.3 Å². The fraction of sp³-hybridized carbons (Fsp3) is 0.120. The van der Waals surface area contributed by atoms with E-state index in [4.69, 9.17) is 16.2 Å². The zero-order chi connectivity index (χ0) is 25.6. The monoisotopic (exact) mass is 486 g/mol. The molecule has 0 saturated heterocycles. The topological polar surface area (TPSA) is 125 Å². The van der Waals surface area contributed by atoms with Crippen molar-refractivity contribution < 1.29 is 37.3 Å². The number of carboxylic acid groups (broad SMARTS) is 1. The van der Waals surface area contributed by atoms with Gasteiger partial charge in [-0.2, -0.15) is 0 Å². The Hall–Kier alpha value is -4.47. The molecule has 0 heterocycles. The summed E-state index contributed by atoms with van der Waals surface area (Å²) in [5, 5.41) is 9.55. The Labute approximate surface area is 198 Å². The quantitative estimate of drug-likeness (QED) is 0.176. The standard InChI is InChI=1S/C25H21F3N2O5/c26-25(27,28)35-22-9-7-21(8-10-22)34-24(33)17-4-1-15(2-5-17)11-18(23(31)32)6-3-16-12-19(29)14-20(30)13-16/h1-2,4-5,7-14H,3,6,29-30H2,(H,31,32)/b18-11+. The van der Waals surface area contributed by atoms with Crippen molar-refractivity contribution in [3.05, 3.63) is 89.0 Å². The Morgan fingerprint density at radius 3 is 2.00 bits per heavy atom. The van der Waals surface area contributed by atoms with E-state index >= 15 is 0 Å². The third-order valence-electron chi connectivity index (χ3n) is 4.75. The van der Waals surface area contributed by atoms with E-state index in [2.05, 4.69) is 4.74 Å². The van der Waals surface area contributed by atoms with Crippen molar-refractivity contribution in [1.82, 2.24) is 0 Å². The van der Waals surface area contributed by atoms with Gasteiger partial charge in [-0.15, -0.1) is 13.2 Å². The number of hydrogen-bond acceptors (Lipinski definition) is 6. The number of carboxylic acids is 1. The number of rotatable bonds is 8. The molecule has 3 aromatic carbocycles. The number of anilines is 2. The van der Waals surface area contributed by atoms with Crippen LogP contribution in [0, 0.1) is 0 Å². The van der Waals surface area contributed by atoms with Crippen molar-refractivity contribution in [3.63, 3.8) is 0 Å². The molecule has 0 spiro atoms. The minimum atomic E-state index is -4.82. The Bertz CT molecular complexity index is 1220. The summed E-state index contributed by atoms with van der Waals surface area (Å²) in [6.07, 6.45) is -2.68. The Morgan fingerprint density at radius 2 is 1.46 bits per heavy atom. The number of hydrogen-bond donors (Lipinski definition) is 3. The highest BCUT2D eigenvalue weighted by molar-refractivity contribution is 5.93. The summed E-state index contributed by atoms with van der Waals surface area (Å²) in [5.74, 6) is -2.23. The van der Waals surface area contributed by atoms with E-state index in [0.717, 1.165) is 17.7 Å². The number of nitrogen functional groups attached to an aromatic ring is 2. The lowest BCUT2D eigenvalue weighted by molar-refractivity contribution is -0.274. The van der Waals surface area contributed by atoms with Crippen molar-refractivity contribution in [2.45, 2.75) is 19.2 Å². The van der Waals surface area contributed by atoms with E-state index in [9.17, 15) is 27.9 Å². The molecule has 0 saturated carbocycles. The van der Waals surface area contributed by atoms with Crippen LogP contribution < -0.4 is 20.9 Å². The van der Waals surface area contributed by atoms with Crippen LogP contribution in [-0.2, 0) is 11.2 Å². The first-order valence-electron chi connectivity index (χ1n) is 10.3. The van der Waals surface area contributed by atoms with E-state index < -0.39 is 24.1 Å². The first-order valence-corrected chi connectivity index (χ1v) is 10.3. The molecule has 35 heavy (non-hydrogen) atoms. The van der Waals surface area contributed by atoms with E-state index in [1.807, 2.05) is 0 Å².